The fourth-order valence-electron chi connectivity index (χ4n) is 3.05. The lowest BCUT2D eigenvalue weighted by atomic mass is 9.85. The number of hydrogen-bond donors (Lipinski definition) is 1. The average Bonchev–Trinajstić information content (AvgIpc) is 3.26. The Balaban J connectivity index is 2.64. The molecule has 1 saturated carbocycles. The van der Waals surface area contributed by atoms with E-state index in [1.54, 1.807) is 13.8 Å². The highest BCUT2D eigenvalue weighted by Crippen LogP contribution is 2.51. The zero-order valence-corrected chi connectivity index (χ0v) is 12.8. The van der Waals surface area contributed by atoms with Crippen molar-refractivity contribution in [3.8, 4) is 11.5 Å². The van der Waals surface area contributed by atoms with Crippen LogP contribution < -0.4 is 9.47 Å². The van der Waals surface area contributed by atoms with Crippen molar-refractivity contribution in [1.29, 1.82) is 0 Å². The number of carboxylic acid groups (broad SMARTS) is 1. The molecule has 5 heteroatoms. The summed E-state index contributed by atoms with van der Waals surface area (Å²) in [6.07, 6.45) is 1.92. The number of carboxylic acids is 1. The van der Waals surface area contributed by atoms with Gasteiger partial charge in [0.2, 0.25) is 0 Å². The SMILES string of the molecule is COc1c(C)c(F)c(C)c(C(CC(=O)O)C2CC2)c1OC. The van der Waals surface area contributed by atoms with Crippen LogP contribution in [0.5, 0.6) is 11.5 Å². The fraction of sp³-hybridized carbons (Fsp3) is 0.562. The first-order valence-electron chi connectivity index (χ1n) is 7.04. The lowest BCUT2D eigenvalue weighted by Crippen LogP contribution is -2.14. The van der Waals surface area contributed by atoms with Crippen molar-refractivity contribution in [3.05, 3.63) is 22.5 Å². The van der Waals surface area contributed by atoms with Crippen molar-refractivity contribution >= 4 is 5.97 Å². The van der Waals surface area contributed by atoms with Gasteiger partial charge in [0.05, 0.1) is 20.6 Å². The molecule has 1 aromatic carbocycles. The van der Waals surface area contributed by atoms with E-state index in [2.05, 4.69) is 0 Å². The third-order valence-corrected chi connectivity index (χ3v) is 4.22. The lowest BCUT2D eigenvalue weighted by molar-refractivity contribution is -0.137. The number of hydrogen-bond acceptors (Lipinski definition) is 3. The Morgan fingerprint density at radius 1 is 1.24 bits per heavy atom. The smallest absolute Gasteiger partial charge is 0.303 e. The van der Waals surface area contributed by atoms with E-state index in [0.29, 0.717) is 28.2 Å². The average molecular weight is 296 g/mol. The normalized spacial score (nSPS) is 15.7. The number of rotatable bonds is 6. The number of halogens is 1. The van der Waals surface area contributed by atoms with Crippen LogP contribution in [0.1, 0.15) is 41.9 Å². The molecule has 1 aromatic rings. The van der Waals surface area contributed by atoms with Crippen molar-refractivity contribution in [1.82, 2.24) is 0 Å². The van der Waals surface area contributed by atoms with Gasteiger partial charge in [-0.3, -0.25) is 4.79 Å². The number of benzene rings is 1. The van der Waals surface area contributed by atoms with Crippen molar-refractivity contribution in [2.75, 3.05) is 14.2 Å². The van der Waals surface area contributed by atoms with Crippen LogP contribution in [-0.4, -0.2) is 25.3 Å². The molecule has 0 amide bonds. The highest BCUT2D eigenvalue weighted by atomic mass is 19.1. The number of methoxy groups -OCH3 is 2. The Kier molecular flexibility index (Phi) is 4.40. The molecule has 0 saturated heterocycles. The largest absolute Gasteiger partial charge is 0.493 e. The van der Waals surface area contributed by atoms with Crippen molar-refractivity contribution in [2.24, 2.45) is 5.92 Å². The van der Waals surface area contributed by atoms with Gasteiger partial charge >= 0.3 is 5.97 Å². The van der Waals surface area contributed by atoms with E-state index in [9.17, 15) is 9.18 Å². The summed E-state index contributed by atoms with van der Waals surface area (Å²) in [4.78, 5) is 11.2. The number of carbonyl (C=O) groups is 1. The highest BCUT2D eigenvalue weighted by molar-refractivity contribution is 5.69. The van der Waals surface area contributed by atoms with Crippen LogP contribution in [0.4, 0.5) is 4.39 Å². The van der Waals surface area contributed by atoms with Gasteiger partial charge in [-0.2, -0.15) is 0 Å². The Bertz CT molecular complexity index is 564. The third kappa shape index (κ3) is 2.82. The van der Waals surface area contributed by atoms with E-state index < -0.39 is 5.97 Å². The molecule has 0 spiro atoms. The zero-order chi connectivity index (χ0) is 15.7. The van der Waals surface area contributed by atoms with Gasteiger partial charge in [0.1, 0.15) is 5.82 Å². The number of aliphatic carboxylic acids is 1. The van der Waals surface area contributed by atoms with Gasteiger partial charge in [0.25, 0.3) is 0 Å². The highest BCUT2D eigenvalue weighted by Gasteiger charge is 2.38. The van der Waals surface area contributed by atoms with Gasteiger partial charge in [-0.05, 0) is 38.2 Å². The van der Waals surface area contributed by atoms with Crippen molar-refractivity contribution in [3.63, 3.8) is 0 Å². The molecule has 0 bridgehead atoms. The van der Waals surface area contributed by atoms with Crippen LogP contribution in [0.3, 0.4) is 0 Å². The van der Waals surface area contributed by atoms with Crippen LogP contribution in [0.15, 0.2) is 0 Å². The molecular formula is C16H21FO4. The van der Waals surface area contributed by atoms with Crippen LogP contribution in [0.25, 0.3) is 0 Å². The van der Waals surface area contributed by atoms with Gasteiger partial charge < -0.3 is 14.6 Å². The Hall–Kier alpha value is -1.78. The second-order valence-corrected chi connectivity index (χ2v) is 5.59. The molecule has 0 radical (unpaired) electrons. The minimum atomic E-state index is -0.881. The minimum Gasteiger partial charge on any atom is -0.493 e. The zero-order valence-electron chi connectivity index (χ0n) is 12.8. The van der Waals surface area contributed by atoms with E-state index in [1.807, 2.05) is 0 Å². The maximum atomic E-state index is 14.5. The van der Waals surface area contributed by atoms with Gasteiger partial charge in [-0.15, -0.1) is 0 Å². The van der Waals surface area contributed by atoms with Crippen LogP contribution in [-0.2, 0) is 4.79 Å². The van der Waals surface area contributed by atoms with E-state index in [0.717, 1.165) is 12.8 Å². The second kappa shape index (κ2) is 5.92. The summed E-state index contributed by atoms with van der Waals surface area (Å²) in [6.45, 7) is 3.31. The predicted octanol–water partition coefficient (Wildman–Crippen LogP) is 3.43. The summed E-state index contributed by atoms with van der Waals surface area (Å²) in [5.74, 6) is -0.368. The summed E-state index contributed by atoms with van der Waals surface area (Å²) >= 11 is 0. The van der Waals surface area contributed by atoms with E-state index in [-0.39, 0.29) is 24.1 Å². The summed E-state index contributed by atoms with van der Waals surface area (Å²) in [7, 11) is 2.97. The third-order valence-electron chi connectivity index (χ3n) is 4.22. The molecule has 4 nitrogen and oxygen atoms in total. The monoisotopic (exact) mass is 296 g/mol. The van der Waals surface area contributed by atoms with Gasteiger partial charge in [-0.25, -0.2) is 4.39 Å². The molecule has 1 atom stereocenters. The molecule has 1 N–H and O–H groups in total. The van der Waals surface area contributed by atoms with E-state index in [1.165, 1.54) is 14.2 Å². The van der Waals surface area contributed by atoms with Gasteiger partial charge in [0, 0.05) is 17.0 Å². The van der Waals surface area contributed by atoms with Crippen LogP contribution in [0.2, 0.25) is 0 Å². The van der Waals surface area contributed by atoms with Crippen molar-refractivity contribution in [2.45, 2.75) is 39.0 Å². The first-order chi connectivity index (χ1) is 9.92. The first kappa shape index (κ1) is 15.6. The molecule has 2 rings (SSSR count). The molecule has 1 aliphatic rings. The molecule has 1 aliphatic carbocycles. The van der Waals surface area contributed by atoms with Gasteiger partial charge in [0.15, 0.2) is 11.5 Å². The summed E-state index contributed by atoms with van der Waals surface area (Å²) in [5, 5.41) is 9.16. The minimum absolute atomic E-state index is 0.0203. The number of ether oxygens (including phenoxy) is 2. The molecular weight excluding hydrogens is 275 g/mol. The van der Waals surface area contributed by atoms with Crippen LogP contribution in [0, 0.1) is 25.6 Å². The molecule has 1 fully saturated rings. The summed E-state index contributed by atoms with van der Waals surface area (Å²) < 4.78 is 25.2. The standard InChI is InChI=1S/C16H21FO4/c1-8-13(11(7-12(18)19)10-5-6-10)16(21-4)15(20-3)9(2)14(8)17/h10-11H,5-7H2,1-4H3,(H,18,19). The molecule has 0 aromatic heterocycles. The molecule has 0 heterocycles. The first-order valence-corrected chi connectivity index (χ1v) is 7.04. The fourth-order valence-corrected chi connectivity index (χ4v) is 3.05. The summed E-state index contributed by atoms with van der Waals surface area (Å²) in [6, 6.07) is 0. The summed E-state index contributed by atoms with van der Waals surface area (Å²) in [5.41, 5.74) is 1.49. The maximum Gasteiger partial charge on any atom is 0.303 e. The van der Waals surface area contributed by atoms with Crippen LogP contribution >= 0.6 is 0 Å². The lowest BCUT2D eigenvalue weighted by Gasteiger charge is -2.24. The van der Waals surface area contributed by atoms with E-state index >= 15 is 0 Å². The molecule has 116 valence electrons. The molecule has 0 aliphatic heterocycles. The Morgan fingerprint density at radius 2 is 1.81 bits per heavy atom. The second-order valence-electron chi connectivity index (χ2n) is 5.59. The Labute approximate surface area is 123 Å². The molecule has 1 unspecified atom stereocenters. The van der Waals surface area contributed by atoms with E-state index in [4.69, 9.17) is 14.6 Å². The van der Waals surface area contributed by atoms with Crippen molar-refractivity contribution < 1.29 is 23.8 Å². The quantitative estimate of drug-likeness (QED) is 0.874. The maximum absolute atomic E-state index is 14.5. The van der Waals surface area contributed by atoms with Gasteiger partial charge in [-0.1, -0.05) is 0 Å². The predicted molar refractivity (Wildman–Crippen MR) is 76.7 cm³/mol. The topological polar surface area (TPSA) is 55.8 Å². The molecule has 21 heavy (non-hydrogen) atoms. The Morgan fingerprint density at radius 3 is 2.24 bits per heavy atom.